The van der Waals surface area contributed by atoms with Crippen molar-refractivity contribution in [1.82, 2.24) is 4.98 Å². The predicted octanol–water partition coefficient (Wildman–Crippen LogP) is 2.00. The van der Waals surface area contributed by atoms with Crippen molar-refractivity contribution in [1.29, 1.82) is 0 Å². The number of phenolic OH excluding ortho intramolecular Hbond substituents is 1. The van der Waals surface area contributed by atoms with Crippen LogP contribution in [0.2, 0.25) is 0 Å². The molecule has 0 saturated heterocycles. The lowest BCUT2D eigenvalue weighted by Gasteiger charge is -2.14. The fraction of sp³-hybridized carbons (Fsp3) is 0.200. The number of fused-ring (bicyclic) bond motifs is 2. The van der Waals surface area contributed by atoms with Crippen LogP contribution < -0.4 is 15.7 Å². The molecule has 0 atom stereocenters. The number of nitrogens with zero attached hydrogens (tertiary/aromatic N) is 2. The molecule has 0 amide bonds. The lowest BCUT2D eigenvalue weighted by molar-refractivity contribution is 0.470. The number of rotatable bonds is 1. The number of anilines is 1. The maximum absolute atomic E-state index is 11.9. The number of aromatic amines is 1. The van der Waals surface area contributed by atoms with E-state index in [9.17, 15) is 9.90 Å². The highest BCUT2D eigenvalue weighted by atomic mass is 32.1. The second-order valence-corrected chi connectivity index (χ2v) is 6.03. The Morgan fingerprint density at radius 1 is 1.29 bits per heavy atom. The van der Waals surface area contributed by atoms with E-state index in [4.69, 9.17) is 0 Å². The zero-order valence-corrected chi connectivity index (χ0v) is 12.8. The third-order valence-corrected chi connectivity index (χ3v) is 4.55. The van der Waals surface area contributed by atoms with Gasteiger partial charge in [0.15, 0.2) is 5.75 Å². The highest BCUT2D eigenvalue weighted by Gasteiger charge is 2.15. The van der Waals surface area contributed by atoms with E-state index in [1.807, 2.05) is 37.2 Å². The zero-order valence-electron chi connectivity index (χ0n) is 12.0. The van der Waals surface area contributed by atoms with E-state index in [0.717, 1.165) is 15.9 Å². The van der Waals surface area contributed by atoms with Crippen molar-refractivity contribution in [3.8, 4) is 16.3 Å². The molecule has 2 N–H and O–H groups in total. The lowest BCUT2D eigenvalue weighted by Crippen LogP contribution is -2.25. The molecule has 21 heavy (non-hydrogen) atoms. The Hall–Kier alpha value is -2.34. The molecule has 0 radical (unpaired) electrons. The van der Waals surface area contributed by atoms with Crippen molar-refractivity contribution in [3.05, 3.63) is 39.8 Å². The van der Waals surface area contributed by atoms with Crippen LogP contribution in [-0.2, 0) is 0 Å². The summed E-state index contributed by atoms with van der Waals surface area (Å²) in [5, 5.41) is 10.4. The molecule has 0 unspecified atom stereocenters. The van der Waals surface area contributed by atoms with Crippen LogP contribution in [0.15, 0.2) is 34.1 Å². The van der Waals surface area contributed by atoms with Crippen LogP contribution in [0.5, 0.6) is 5.75 Å². The number of hydrogen-bond acceptors (Lipinski definition) is 5. The quantitative estimate of drug-likeness (QED) is 0.675. The van der Waals surface area contributed by atoms with E-state index in [1.54, 1.807) is 0 Å². The maximum Gasteiger partial charge on any atom is 0.209 e. The topological polar surface area (TPSA) is 68.7 Å². The van der Waals surface area contributed by atoms with Gasteiger partial charge < -0.3 is 15.0 Å². The maximum atomic E-state index is 11.9. The summed E-state index contributed by atoms with van der Waals surface area (Å²) in [5.74, 6) is -0.0570. The number of nitrogens with one attached hydrogen (secondary N) is 1. The molecule has 1 aliphatic carbocycles. The SMILES string of the molecule is CN=c1c(O)c2sc3cc(N(C)C)ccc3[nH]c-2cc1=O. The first-order chi connectivity index (χ1) is 10.0. The number of H-pyrrole nitrogens is 1. The van der Waals surface area contributed by atoms with E-state index >= 15 is 0 Å². The molecule has 6 heteroatoms. The van der Waals surface area contributed by atoms with Gasteiger partial charge in [0, 0.05) is 32.9 Å². The molecule has 0 fully saturated rings. The first-order valence-corrected chi connectivity index (χ1v) is 7.26. The second-order valence-electron chi connectivity index (χ2n) is 4.97. The van der Waals surface area contributed by atoms with Crippen LogP contribution in [0.3, 0.4) is 0 Å². The highest BCUT2D eigenvalue weighted by Crippen LogP contribution is 2.35. The van der Waals surface area contributed by atoms with Crippen molar-refractivity contribution in [2.24, 2.45) is 4.99 Å². The minimum Gasteiger partial charge on any atom is -0.504 e. The van der Waals surface area contributed by atoms with E-state index in [1.165, 1.54) is 24.5 Å². The molecule has 0 bridgehead atoms. The molecule has 3 rings (SSSR count). The zero-order chi connectivity index (χ0) is 15.1. The molecular formula is C15H15N3O2S. The summed E-state index contributed by atoms with van der Waals surface area (Å²) in [6.07, 6.45) is 0. The van der Waals surface area contributed by atoms with Crippen LogP contribution in [-0.4, -0.2) is 31.2 Å². The fourth-order valence-electron chi connectivity index (χ4n) is 2.26. The Kier molecular flexibility index (Phi) is 3.17. The van der Waals surface area contributed by atoms with E-state index in [2.05, 4.69) is 9.98 Å². The molecule has 108 valence electrons. The molecule has 0 saturated carbocycles. The number of hydrogen-bond donors (Lipinski definition) is 2. The van der Waals surface area contributed by atoms with Crippen molar-refractivity contribution in [3.63, 3.8) is 0 Å². The highest BCUT2D eigenvalue weighted by molar-refractivity contribution is 7.21. The average Bonchev–Trinajstić information content (AvgIpc) is 2.45. The van der Waals surface area contributed by atoms with Gasteiger partial charge in [-0.15, -0.1) is 11.3 Å². The van der Waals surface area contributed by atoms with Gasteiger partial charge in [-0.2, -0.15) is 0 Å². The fourth-order valence-corrected chi connectivity index (χ4v) is 3.30. The first kappa shape index (κ1) is 13.6. The summed E-state index contributed by atoms with van der Waals surface area (Å²) in [7, 11) is 5.46. The van der Waals surface area contributed by atoms with Gasteiger partial charge in [-0.3, -0.25) is 9.79 Å². The van der Waals surface area contributed by atoms with Gasteiger partial charge in [-0.25, -0.2) is 0 Å². The summed E-state index contributed by atoms with van der Waals surface area (Å²) in [4.78, 5) is 21.6. The summed E-state index contributed by atoms with van der Waals surface area (Å²) in [6, 6.07) is 7.50. The standard InChI is InChI=1S/C15H15N3O2S/c1-16-13-11(19)7-10-15(14(13)20)21-12-6-8(18(2)3)4-5-9(12)17-10/h4-7,17,20H,1-3H3. The largest absolute Gasteiger partial charge is 0.504 e. The molecule has 1 aromatic rings. The summed E-state index contributed by atoms with van der Waals surface area (Å²) in [5.41, 5.74) is 2.35. The Labute approximate surface area is 125 Å². The monoisotopic (exact) mass is 301 g/mol. The van der Waals surface area contributed by atoms with Gasteiger partial charge in [0.2, 0.25) is 5.43 Å². The van der Waals surface area contributed by atoms with E-state index in [-0.39, 0.29) is 16.5 Å². The van der Waals surface area contributed by atoms with E-state index < -0.39 is 0 Å². The summed E-state index contributed by atoms with van der Waals surface area (Å²) in [6.45, 7) is 0. The smallest absolute Gasteiger partial charge is 0.209 e. The van der Waals surface area contributed by atoms with Crippen molar-refractivity contribution >= 4 is 27.2 Å². The van der Waals surface area contributed by atoms with Crippen molar-refractivity contribution < 1.29 is 5.11 Å². The van der Waals surface area contributed by atoms with Gasteiger partial charge in [-0.1, -0.05) is 0 Å². The van der Waals surface area contributed by atoms with Crippen LogP contribution >= 0.6 is 11.3 Å². The molecule has 5 nitrogen and oxygen atoms in total. The summed E-state index contributed by atoms with van der Waals surface area (Å²) >= 11 is 1.44. The van der Waals surface area contributed by atoms with Crippen LogP contribution in [0.4, 0.5) is 5.69 Å². The predicted molar refractivity (Wildman–Crippen MR) is 86.5 cm³/mol. The van der Waals surface area contributed by atoms with Gasteiger partial charge in [-0.05, 0) is 18.2 Å². The third-order valence-electron chi connectivity index (χ3n) is 3.38. The molecule has 1 aliphatic heterocycles. The van der Waals surface area contributed by atoms with Crippen molar-refractivity contribution in [2.45, 2.75) is 0 Å². The molecule has 0 spiro atoms. The Morgan fingerprint density at radius 3 is 2.71 bits per heavy atom. The second kappa shape index (κ2) is 4.89. The molecule has 0 aromatic heterocycles. The van der Waals surface area contributed by atoms with Gasteiger partial charge in [0.1, 0.15) is 5.36 Å². The molecule has 1 heterocycles. The van der Waals surface area contributed by atoms with Gasteiger partial charge in [0.05, 0.1) is 20.8 Å². The first-order valence-electron chi connectivity index (χ1n) is 6.44. The number of aromatic nitrogens is 1. The van der Waals surface area contributed by atoms with Crippen LogP contribution in [0, 0.1) is 0 Å². The molecule has 2 aliphatic rings. The number of phenols is 1. The van der Waals surface area contributed by atoms with E-state index in [0.29, 0.717) is 10.6 Å². The molecule has 1 aromatic carbocycles. The van der Waals surface area contributed by atoms with Crippen molar-refractivity contribution in [2.75, 3.05) is 26.0 Å². The third kappa shape index (κ3) is 2.17. The Balaban J connectivity index is 2.43. The normalized spacial score (nSPS) is 12.2. The minimum atomic E-state index is -0.282. The van der Waals surface area contributed by atoms with Gasteiger partial charge >= 0.3 is 0 Å². The average molecular weight is 301 g/mol. The van der Waals surface area contributed by atoms with Gasteiger partial charge in [0.25, 0.3) is 0 Å². The Bertz CT molecular complexity index is 924. The summed E-state index contributed by atoms with van der Waals surface area (Å²) < 4.78 is 1.00. The van der Waals surface area contributed by atoms with Crippen LogP contribution in [0.1, 0.15) is 0 Å². The Morgan fingerprint density at radius 2 is 2.05 bits per heavy atom. The lowest BCUT2D eigenvalue weighted by atomic mass is 10.2. The number of benzene rings is 2. The number of aromatic hydroxyl groups is 1. The minimum absolute atomic E-state index is 0.0570. The molecular weight excluding hydrogens is 286 g/mol. The van der Waals surface area contributed by atoms with Crippen LogP contribution in [0.25, 0.3) is 20.8 Å².